The molecule has 1 aliphatic heterocycles. The Hall–Kier alpha value is -1.45. The number of aryl methyl sites for hydroxylation is 1. The van der Waals surface area contributed by atoms with Gasteiger partial charge >= 0.3 is 5.97 Å². The molecule has 0 unspecified atom stereocenters. The van der Waals surface area contributed by atoms with Crippen molar-refractivity contribution in [3.63, 3.8) is 0 Å². The summed E-state index contributed by atoms with van der Waals surface area (Å²) in [4.78, 5) is 11.2. The van der Waals surface area contributed by atoms with Gasteiger partial charge in [0.2, 0.25) is 10.0 Å². The molecule has 0 radical (unpaired) electrons. The van der Waals surface area contributed by atoms with Crippen LogP contribution in [0.2, 0.25) is 0 Å². The zero-order chi connectivity index (χ0) is 18.3. The first-order valence-corrected chi connectivity index (χ1v) is 10.8. The molecule has 1 aliphatic rings. The standard InChI is InChI=1S/C15H21NO6S2/c1-10-6-7-12(23(3,19)20)9-14(10)24(21,22)16-8-4-5-13(11(16)2)15(17)18/h6-7,9,11,13H,4-5,8H2,1-3H3,(H,17,18)/t11-,13-/m1/s1. The Kier molecular flexibility index (Phi) is 5.08. The number of carbonyl (C=O) groups is 1. The van der Waals surface area contributed by atoms with E-state index in [4.69, 9.17) is 0 Å². The molecular weight excluding hydrogens is 354 g/mol. The number of piperidine rings is 1. The molecule has 9 heteroatoms. The highest BCUT2D eigenvalue weighted by atomic mass is 32.2. The van der Waals surface area contributed by atoms with Crippen molar-refractivity contribution < 1.29 is 26.7 Å². The van der Waals surface area contributed by atoms with Crippen LogP contribution < -0.4 is 0 Å². The predicted molar refractivity (Wildman–Crippen MR) is 88.0 cm³/mol. The zero-order valence-corrected chi connectivity index (χ0v) is 15.4. The van der Waals surface area contributed by atoms with E-state index in [9.17, 15) is 26.7 Å². The minimum Gasteiger partial charge on any atom is -0.481 e. The van der Waals surface area contributed by atoms with Gasteiger partial charge in [-0.25, -0.2) is 16.8 Å². The molecule has 0 amide bonds. The Morgan fingerprint density at radius 3 is 2.42 bits per heavy atom. The molecule has 1 N–H and O–H groups in total. The second-order valence-electron chi connectivity index (χ2n) is 6.14. The fourth-order valence-electron chi connectivity index (χ4n) is 3.00. The van der Waals surface area contributed by atoms with Gasteiger partial charge < -0.3 is 5.11 Å². The number of sulfonamides is 1. The van der Waals surface area contributed by atoms with E-state index in [1.165, 1.54) is 16.4 Å². The summed E-state index contributed by atoms with van der Waals surface area (Å²) in [6, 6.07) is 3.27. The molecule has 1 aromatic rings. The molecule has 0 spiro atoms. The van der Waals surface area contributed by atoms with Gasteiger partial charge in [0.25, 0.3) is 0 Å². The Bertz CT molecular complexity index is 860. The Labute approximate surface area is 142 Å². The van der Waals surface area contributed by atoms with E-state index in [1.807, 2.05) is 0 Å². The molecule has 2 atom stereocenters. The molecule has 24 heavy (non-hydrogen) atoms. The van der Waals surface area contributed by atoms with Crippen molar-refractivity contribution in [1.82, 2.24) is 4.31 Å². The molecule has 0 saturated carbocycles. The van der Waals surface area contributed by atoms with Gasteiger partial charge in [-0.15, -0.1) is 0 Å². The first-order chi connectivity index (χ1) is 11.0. The number of hydrogen-bond donors (Lipinski definition) is 1. The molecular formula is C15H21NO6S2. The van der Waals surface area contributed by atoms with Gasteiger partial charge in [-0.05, 0) is 44.4 Å². The molecule has 1 saturated heterocycles. The summed E-state index contributed by atoms with van der Waals surface area (Å²) >= 11 is 0. The summed E-state index contributed by atoms with van der Waals surface area (Å²) in [5.74, 6) is -1.80. The fraction of sp³-hybridized carbons (Fsp3) is 0.533. The van der Waals surface area contributed by atoms with Crippen molar-refractivity contribution >= 4 is 25.8 Å². The van der Waals surface area contributed by atoms with Crippen molar-refractivity contribution in [2.45, 2.75) is 42.5 Å². The van der Waals surface area contributed by atoms with Crippen LogP contribution in [0.4, 0.5) is 0 Å². The van der Waals surface area contributed by atoms with Crippen LogP contribution in [0.3, 0.4) is 0 Å². The summed E-state index contributed by atoms with van der Waals surface area (Å²) < 4.78 is 50.6. The number of nitrogens with zero attached hydrogens (tertiary/aromatic N) is 1. The largest absolute Gasteiger partial charge is 0.481 e. The number of sulfone groups is 1. The van der Waals surface area contributed by atoms with E-state index in [1.54, 1.807) is 13.8 Å². The molecule has 0 aliphatic carbocycles. The smallest absolute Gasteiger partial charge is 0.308 e. The minimum atomic E-state index is -3.99. The SMILES string of the molecule is Cc1ccc(S(C)(=O)=O)cc1S(=O)(=O)N1CCC[C@@H](C(=O)O)[C@H]1C. The molecule has 134 valence electrons. The average molecular weight is 375 g/mol. The number of benzene rings is 1. The average Bonchev–Trinajstić information content (AvgIpc) is 2.45. The summed E-state index contributed by atoms with van der Waals surface area (Å²) in [7, 11) is -7.53. The highest BCUT2D eigenvalue weighted by Crippen LogP contribution is 2.31. The van der Waals surface area contributed by atoms with Crippen LogP contribution in [0, 0.1) is 12.8 Å². The molecule has 1 fully saturated rings. The first-order valence-electron chi connectivity index (χ1n) is 7.51. The van der Waals surface area contributed by atoms with Crippen molar-refractivity contribution in [2.24, 2.45) is 5.92 Å². The Morgan fingerprint density at radius 1 is 1.25 bits per heavy atom. The summed E-state index contributed by atoms with van der Waals surface area (Å²) in [6.45, 7) is 3.38. The van der Waals surface area contributed by atoms with E-state index < -0.39 is 37.8 Å². The molecule has 1 aromatic carbocycles. The predicted octanol–water partition coefficient (Wildman–Crippen LogP) is 1.27. The number of aliphatic carboxylic acids is 1. The lowest BCUT2D eigenvalue weighted by molar-refractivity contribution is -0.144. The normalized spacial score (nSPS) is 23.1. The number of hydrogen-bond acceptors (Lipinski definition) is 5. The first kappa shape index (κ1) is 18.9. The van der Waals surface area contributed by atoms with Crippen LogP contribution in [-0.4, -0.2) is 51.1 Å². The van der Waals surface area contributed by atoms with Gasteiger partial charge in [-0.1, -0.05) is 6.07 Å². The van der Waals surface area contributed by atoms with Crippen molar-refractivity contribution in [1.29, 1.82) is 0 Å². The van der Waals surface area contributed by atoms with Crippen molar-refractivity contribution in [3.8, 4) is 0 Å². The highest BCUT2D eigenvalue weighted by Gasteiger charge is 2.40. The maximum Gasteiger partial charge on any atom is 0.308 e. The fourth-order valence-corrected chi connectivity index (χ4v) is 5.68. The van der Waals surface area contributed by atoms with E-state index in [0.717, 1.165) is 12.3 Å². The summed E-state index contributed by atoms with van der Waals surface area (Å²) in [5.41, 5.74) is 0.423. The second kappa shape index (κ2) is 6.45. The van der Waals surface area contributed by atoms with Gasteiger partial charge in [0.05, 0.1) is 15.7 Å². The van der Waals surface area contributed by atoms with Gasteiger partial charge in [-0.2, -0.15) is 4.31 Å². The van der Waals surface area contributed by atoms with E-state index in [2.05, 4.69) is 0 Å². The highest BCUT2D eigenvalue weighted by molar-refractivity contribution is 7.91. The van der Waals surface area contributed by atoms with Crippen LogP contribution in [0.25, 0.3) is 0 Å². The molecule has 0 aromatic heterocycles. The third-order valence-electron chi connectivity index (χ3n) is 4.42. The minimum absolute atomic E-state index is 0.0777. The van der Waals surface area contributed by atoms with Crippen LogP contribution >= 0.6 is 0 Å². The van der Waals surface area contributed by atoms with Crippen LogP contribution in [0.1, 0.15) is 25.3 Å². The van der Waals surface area contributed by atoms with Gasteiger partial charge in [0.1, 0.15) is 0 Å². The lowest BCUT2D eigenvalue weighted by Gasteiger charge is -2.36. The number of carboxylic acids is 1. The third kappa shape index (κ3) is 3.47. The topological polar surface area (TPSA) is 109 Å². The monoisotopic (exact) mass is 375 g/mol. The summed E-state index contributed by atoms with van der Waals surface area (Å²) in [5, 5.41) is 9.27. The van der Waals surface area contributed by atoms with Gasteiger partial charge in [-0.3, -0.25) is 4.79 Å². The Balaban J connectivity index is 2.53. The van der Waals surface area contributed by atoms with E-state index >= 15 is 0 Å². The van der Waals surface area contributed by atoms with Crippen molar-refractivity contribution in [3.05, 3.63) is 23.8 Å². The van der Waals surface area contributed by atoms with E-state index in [0.29, 0.717) is 18.4 Å². The lowest BCUT2D eigenvalue weighted by Crippen LogP contribution is -2.49. The number of carboxylic acid groups (broad SMARTS) is 1. The maximum atomic E-state index is 13.0. The second-order valence-corrected chi connectivity index (χ2v) is 10.0. The molecule has 1 heterocycles. The summed E-state index contributed by atoms with van der Waals surface area (Å²) in [6.07, 6.45) is 1.88. The van der Waals surface area contributed by atoms with E-state index in [-0.39, 0.29) is 16.3 Å². The third-order valence-corrected chi connectivity index (χ3v) is 7.66. The quantitative estimate of drug-likeness (QED) is 0.849. The van der Waals surface area contributed by atoms with Gasteiger partial charge in [0.15, 0.2) is 9.84 Å². The van der Waals surface area contributed by atoms with Crippen LogP contribution in [0.15, 0.2) is 28.0 Å². The van der Waals surface area contributed by atoms with Crippen LogP contribution in [-0.2, 0) is 24.7 Å². The lowest BCUT2D eigenvalue weighted by atomic mass is 9.92. The molecule has 7 nitrogen and oxygen atoms in total. The van der Waals surface area contributed by atoms with Crippen molar-refractivity contribution in [2.75, 3.05) is 12.8 Å². The Morgan fingerprint density at radius 2 is 1.88 bits per heavy atom. The van der Waals surface area contributed by atoms with Crippen LogP contribution in [0.5, 0.6) is 0 Å². The van der Waals surface area contributed by atoms with Gasteiger partial charge in [0, 0.05) is 18.8 Å². The number of rotatable bonds is 4. The zero-order valence-electron chi connectivity index (χ0n) is 13.8. The molecule has 2 rings (SSSR count). The maximum absolute atomic E-state index is 13.0. The molecule has 0 bridgehead atoms.